The number of fused-ring (bicyclic) bond motifs is 1. The molecule has 0 spiro atoms. The van der Waals surface area contributed by atoms with Crippen molar-refractivity contribution in [3.63, 3.8) is 0 Å². The van der Waals surface area contributed by atoms with E-state index in [0.717, 1.165) is 16.5 Å². The second-order valence-corrected chi connectivity index (χ2v) is 8.79. The molecule has 27 heavy (non-hydrogen) atoms. The number of sulfonamides is 1. The Morgan fingerprint density at radius 2 is 1.93 bits per heavy atom. The average Bonchev–Trinajstić information content (AvgIpc) is 2.61. The highest BCUT2D eigenvalue weighted by Crippen LogP contribution is 2.33. The van der Waals surface area contributed by atoms with E-state index < -0.39 is 10.0 Å². The van der Waals surface area contributed by atoms with Gasteiger partial charge in [0.2, 0.25) is 10.0 Å². The number of carbonyl (C=O) groups is 1. The Balaban J connectivity index is 1.87. The number of anilines is 2. The first-order chi connectivity index (χ1) is 12.7. The van der Waals surface area contributed by atoms with Gasteiger partial charge >= 0.3 is 0 Å². The van der Waals surface area contributed by atoms with Gasteiger partial charge in [-0.3, -0.25) is 4.79 Å². The Hall–Kier alpha value is -2.58. The molecule has 8 heteroatoms. The van der Waals surface area contributed by atoms with Crippen LogP contribution in [0.2, 0.25) is 0 Å². The van der Waals surface area contributed by atoms with Crippen LogP contribution in [0.25, 0.3) is 0 Å². The summed E-state index contributed by atoms with van der Waals surface area (Å²) < 4.78 is 31.7. The maximum Gasteiger partial charge on any atom is 0.255 e. The molecule has 1 aliphatic heterocycles. The molecule has 7 nitrogen and oxygen atoms in total. The zero-order valence-electron chi connectivity index (χ0n) is 15.8. The van der Waals surface area contributed by atoms with Crippen LogP contribution in [0.15, 0.2) is 41.3 Å². The Kier molecular flexibility index (Phi) is 5.12. The molecule has 0 aliphatic carbocycles. The van der Waals surface area contributed by atoms with Crippen LogP contribution in [-0.4, -0.2) is 52.9 Å². The summed E-state index contributed by atoms with van der Waals surface area (Å²) in [6, 6.07) is 10.1. The number of likely N-dealkylation sites (N-methyl/N-ethyl adjacent to an activating group) is 1. The summed E-state index contributed by atoms with van der Waals surface area (Å²) in [6.07, 6.45) is 0. The molecule has 0 fully saturated rings. The van der Waals surface area contributed by atoms with Crippen molar-refractivity contribution in [2.45, 2.75) is 11.8 Å². The fraction of sp³-hybridized carbons (Fsp3) is 0.316. The van der Waals surface area contributed by atoms with E-state index in [1.807, 2.05) is 13.1 Å². The van der Waals surface area contributed by atoms with Crippen LogP contribution in [0, 0.1) is 6.92 Å². The number of hydrogen-bond donors (Lipinski definition) is 1. The second kappa shape index (κ2) is 7.21. The maximum absolute atomic E-state index is 12.6. The van der Waals surface area contributed by atoms with Crippen LogP contribution >= 0.6 is 0 Å². The van der Waals surface area contributed by atoms with Crippen molar-refractivity contribution >= 4 is 27.3 Å². The summed E-state index contributed by atoms with van der Waals surface area (Å²) in [6.45, 7) is 3.10. The first-order valence-corrected chi connectivity index (χ1v) is 9.96. The van der Waals surface area contributed by atoms with E-state index in [1.165, 1.54) is 20.2 Å². The van der Waals surface area contributed by atoms with Gasteiger partial charge in [0, 0.05) is 38.5 Å². The highest BCUT2D eigenvalue weighted by atomic mass is 32.2. The zero-order chi connectivity index (χ0) is 19.8. The fourth-order valence-electron chi connectivity index (χ4n) is 2.86. The lowest BCUT2D eigenvalue weighted by Gasteiger charge is -2.28. The van der Waals surface area contributed by atoms with E-state index in [1.54, 1.807) is 31.2 Å². The normalized spacial score (nSPS) is 13.9. The lowest BCUT2D eigenvalue weighted by molar-refractivity contribution is 0.102. The highest BCUT2D eigenvalue weighted by molar-refractivity contribution is 7.89. The number of nitrogens with zero attached hydrogens (tertiary/aromatic N) is 2. The van der Waals surface area contributed by atoms with Gasteiger partial charge < -0.3 is 15.0 Å². The molecule has 0 saturated heterocycles. The quantitative estimate of drug-likeness (QED) is 0.868. The third-order valence-electron chi connectivity index (χ3n) is 4.52. The maximum atomic E-state index is 12.6. The molecule has 0 radical (unpaired) electrons. The standard InChI is InChI=1S/C19H23N3O4S/c1-13-5-6-14(11-18(13)27(24,25)21(2)3)19(23)20-15-7-8-16-17(12-15)26-10-9-22(16)4/h5-8,11-12H,9-10H2,1-4H3,(H,20,23). The van der Waals surface area contributed by atoms with Gasteiger partial charge in [-0.05, 0) is 36.8 Å². The summed E-state index contributed by atoms with van der Waals surface area (Å²) >= 11 is 0. The first kappa shape index (κ1) is 19.2. The van der Waals surface area contributed by atoms with Gasteiger partial charge in [-0.1, -0.05) is 6.07 Å². The van der Waals surface area contributed by atoms with Crippen LogP contribution in [0.5, 0.6) is 5.75 Å². The predicted octanol–water partition coefficient (Wildman–Crippen LogP) is 2.33. The largest absolute Gasteiger partial charge is 0.489 e. The van der Waals surface area contributed by atoms with E-state index in [9.17, 15) is 13.2 Å². The van der Waals surface area contributed by atoms with E-state index >= 15 is 0 Å². The lowest BCUT2D eigenvalue weighted by atomic mass is 10.1. The number of carbonyl (C=O) groups excluding carboxylic acids is 1. The number of hydrogen-bond acceptors (Lipinski definition) is 5. The number of ether oxygens (including phenoxy) is 1. The Morgan fingerprint density at radius 3 is 2.63 bits per heavy atom. The van der Waals surface area contributed by atoms with Crippen molar-refractivity contribution < 1.29 is 17.9 Å². The monoisotopic (exact) mass is 389 g/mol. The van der Waals surface area contributed by atoms with Gasteiger partial charge in [0.15, 0.2) is 0 Å². The average molecular weight is 389 g/mol. The van der Waals surface area contributed by atoms with Crippen LogP contribution in [0.1, 0.15) is 15.9 Å². The molecule has 1 amide bonds. The molecule has 0 unspecified atom stereocenters. The van der Waals surface area contributed by atoms with Crippen LogP contribution in [-0.2, 0) is 10.0 Å². The molecule has 1 aliphatic rings. The molecule has 2 aromatic rings. The molecule has 0 atom stereocenters. The molecule has 2 aromatic carbocycles. The molecular weight excluding hydrogens is 366 g/mol. The molecule has 1 heterocycles. The van der Waals surface area contributed by atoms with E-state index in [0.29, 0.717) is 23.6 Å². The van der Waals surface area contributed by atoms with Crippen LogP contribution < -0.4 is 15.0 Å². The summed E-state index contributed by atoms with van der Waals surface area (Å²) in [5, 5.41) is 2.80. The second-order valence-electron chi connectivity index (χ2n) is 6.67. The fourth-order valence-corrected chi connectivity index (χ4v) is 4.00. The summed E-state index contributed by atoms with van der Waals surface area (Å²) in [7, 11) is 1.29. The number of aryl methyl sites for hydroxylation is 1. The first-order valence-electron chi connectivity index (χ1n) is 8.52. The molecule has 0 saturated carbocycles. The SMILES string of the molecule is Cc1ccc(C(=O)Nc2ccc3c(c2)OCCN3C)cc1S(=O)(=O)N(C)C. The van der Waals surface area contributed by atoms with Crippen molar-refractivity contribution in [1.82, 2.24) is 4.31 Å². The number of benzene rings is 2. The Bertz CT molecular complexity index is 986. The van der Waals surface area contributed by atoms with Crippen LogP contribution in [0.3, 0.4) is 0 Å². The van der Waals surface area contributed by atoms with Crippen LogP contribution in [0.4, 0.5) is 11.4 Å². The molecule has 0 aromatic heterocycles. The topological polar surface area (TPSA) is 79.0 Å². The zero-order valence-corrected chi connectivity index (χ0v) is 16.6. The van der Waals surface area contributed by atoms with Gasteiger partial charge in [-0.25, -0.2) is 12.7 Å². The van der Waals surface area contributed by atoms with Crippen molar-refractivity contribution in [2.75, 3.05) is 44.5 Å². The lowest BCUT2D eigenvalue weighted by Crippen LogP contribution is -2.28. The van der Waals surface area contributed by atoms with Crippen molar-refractivity contribution in [2.24, 2.45) is 0 Å². The van der Waals surface area contributed by atoms with Gasteiger partial charge in [0.05, 0.1) is 17.1 Å². The molecular formula is C19H23N3O4S. The number of nitrogens with one attached hydrogen (secondary N) is 1. The third kappa shape index (κ3) is 3.77. The van der Waals surface area contributed by atoms with Crippen molar-refractivity contribution in [3.8, 4) is 5.75 Å². The number of amides is 1. The minimum Gasteiger partial charge on any atom is -0.489 e. The Morgan fingerprint density at radius 1 is 1.19 bits per heavy atom. The van der Waals surface area contributed by atoms with Crippen molar-refractivity contribution in [1.29, 1.82) is 0 Å². The molecule has 1 N–H and O–H groups in total. The summed E-state index contributed by atoms with van der Waals surface area (Å²) in [5.41, 5.74) is 2.42. The minimum absolute atomic E-state index is 0.121. The molecule has 3 rings (SSSR count). The van der Waals surface area contributed by atoms with E-state index in [4.69, 9.17) is 4.74 Å². The van der Waals surface area contributed by atoms with Gasteiger partial charge in [0.1, 0.15) is 12.4 Å². The van der Waals surface area contributed by atoms with E-state index in [-0.39, 0.29) is 16.4 Å². The number of rotatable bonds is 4. The third-order valence-corrected chi connectivity index (χ3v) is 6.48. The highest BCUT2D eigenvalue weighted by Gasteiger charge is 2.22. The van der Waals surface area contributed by atoms with Gasteiger partial charge in [-0.2, -0.15) is 0 Å². The smallest absolute Gasteiger partial charge is 0.255 e. The van der Waals surface area contributed by atoms with Gasteiger partial charge in [-0.15, -0.1) is 0 Å². The predicted molar refractivity (Wildman–Crippen MR) is 105 cm³/mol. The van der Waals surface area contributed by atoms with Crippen molar-refractivity contribution in [3.05, 3.63) is 47.5 Å². The minimum atomic E-state index is -3.63. The summed E-state index contributed by atoms with van der Waals surface area (Å²) in [4.78, 5) is 14.8. The van der Waals surface area contributed by atoms with Gasteiger partial charge in [0.25, 0.3) is 5.91 Å². The Labute approximate surface area is 159 Å². The van der Waals surface area contributed by atoms with E-state index in [2.05, 4.69) is 10.2 Å². The molecule has 144 valence electrons. The summed E-state index contributed by atoms with van der Waals surface area (Å²) in [5.74, 6) is 0.329. The molecule has 0 bridgehead atoms.